The average molecular weight is 374 g/mol. The Morgan fingerprint density at radius 1 is 0.889 bits per heavy atom. The molecule has 0 aliphatic rings. The summed E-state index contributed by atoms with van der Waals surface area (Å²) in [6.45, 7) is 1.90. The van der Waals surface area contributed by atoms with E-state index in [-0.39, 0.29) is 11.8 Å². The minimum Gasteiger partial charge on any atom is -0.497 e. The molecule has 1 aromatic heterocycles. The first-order valence-electron chi connectivity index (χ1n) is 8.04. The van der Waals surface area contributed by atoms with E-state index in [1.807, 2.05) is 6.92 Å². The predicted octanol–water partition coefficient (Wildman–Crippen LogP) is 5.30. The van der Waals surface area contributed by atoms with Crippen molar-refractivity contribution < 1.29 is 17.9 Å². The van der Waals surface area contributed by atoms with Crippen molar-refractivity contribution in [3.8, 4) is 5.75 Å². The van der Waals surface area contributed by atoms with Crippen LogP contribution >= 0.6 is 0 Å². The first-order valence-corrected chi connectivity index (χ1v) is 8.04. The van der Waals surface area contributed by atoms with Crippen LogP contribution in [0.15, 0.2) is 54.7 Å². The van der Waals surface area contributed by atoms with Crippen LogP contribution in [0.3, 0.4) is 0 Å². The third-order valence-electron chi connectivity index (χ3n) is 3.75. The summed E-state index contributed by atoms with van der Waals surface area (Å²) in [6.07, 6.45) is -3.82. The van der Waals surface area contributed by atoms with Crippen LogP contribution < -0.4 is 15.4 Å². The molecule has 0 fully saturated rings. The van der Waals surface area contributed by atoms with Crippen molar-refractivity contribution in [2.75, 3.05) is 17.7 Å². The fourth-order valence-corrected chi connectivity index (χ4v) is 2.32. The number of methoxy groups -OCH3 is 1. The Hall–Kier alpha value is -3.29. The summed E-state index contributed by atoms with van der Waals surface area (Å²) < 4.78 is 45.0. The molecular weight excluding hydrogens is 357 g/mol. The molecule has 0 bridgehead atoms. The van der Waals surface area contributed by atoms with Gasteiger partial charge in [-0.15, -0.1) is 0 Å². The van der Waals surface area contributed by atoms with Crippen molar-refractivity contribution in [3.63, 3.8) is 0 Å². The molecule has 0 aliphatic heterocycles. The van der Waals surface area contributed by atoms with Crippen molar-refractivity contribution in [1.82, 2.24) is 9.97 Å². The zero-order valence-electron chi connectivity index (χ0n) is 14.6. The lowest BCUT2D eigenvalue weighted by Crippen LogP contribution is -2.12. The fraction of sp³-hybridized carbons (Fsp3) is 0.158. The number of alkyl halides is 3. The third-order valence-corrected chi connectivity index (χ3v) is 3.75. The third kappa shape index (κ3) is 4.66. The van der Waals surface area contributed by atoms with E-state index in [1.54, 1.807) is 55.6 Å². The summed E-state index contributed by atoms with van der Waals surface area (Å²) in [5.41, 5.74) is 1.18. The molecule has 0 saturated carbocycles. The van der Waals surface area contributed by atoms with Crippen LogP contribution in [0.4, 0.5) is 36.3 Å². The molecule has 0 aliphatic carbocycles. The van der Waals surface area contributed by atoms with Crippen LogP contribution in [0, 0.1) is 6.92 Å². The van der Waals surface area contributed by atoms with Crippen molar-refractivity contribution >= 4 is 23.1 Å². The molecule has 3 rings (SSSR count). The number of rotatable bonds is 5. The summed E-state index contributed by atoms with van der Waals surface area (Å²) in [5.74, 6) is 0.385. The van der Waals surface area contributed by atoms with E-state index in [9.17, 15) is 13.2 Å². The number of benzene rings is 2. The lowest BCUT2D eigenvalue weighted by atomic mass is 10.2. The highest BCUT2D eigenvalue weighted by molar-refractivity contribution is 5.63. The van der Waals surface area contributed by atoms with Gasteiger partial charge in [0.05, 0.1) is 7.11 Å². The van der Waals surface area contributed by atoms with Crippen molar-refractivity contribution in [2.24, 2.45) is 0 Å². The van der Waals surface area contributed by atoms with Crippen molar-refractivity contribution in [2.45, 2.75) is 13.1 Å². The molecule has 1 heterocycles. The first kappa shape index (κ1) is 18.5. The monoisotopic (exact) mass is 374 g/mol. The highest BCUT2D eigenvalue weighted by Crippen LogP contribution is 2.35. The first-order chi connectivity index (χ1) is 12.8. The fourth-order valence-electron chi connectivity index (χ4n) is 2.32. The molecule has 27 heavy (non-hydrogen) atoms. The molecule has 8 heteroatoms. The summed E-state index contributed by atoms with van der Waals surface area (Å²) in [5, 5.41) is 5.60. The van der Waals surface area contributed by atoms with Crippen LogP contribution in [-0.4, -0.2) is 17.1 Å². The molecule has 0 amide bonds. The van der Waals surface area contributed by atoms with Crippen LogP contribution in [-0.2, 0) is 6.18 Å². The molecule has 2 aromatic carbocycles. The van der Waals surface area contributed by atoms with Gasteiger partial charge < -0.3 is 15.4 Å². The maximum absolute atomic E-state index is 13.3. The Bertz CT molecular complexity index is 910. The maximum Gasteiger partial charge on any atom is 0.421 e. The van der Waals surface area contributed by atoms with E-state index >= 15 is 0 Å². The second-order valence-electron chi connectivity index (χ2n) is 5.80. The largest absolute Gasteiger partial charge is 0.497 e. The summed E-state index contributed by atoms with van der Waals surface area (Å²) in [4.78, 5) is 7.80. The standard InChI is InChI=1S/C19H17F3N4O/c1-12-3-5-13(6-4-12)24-17-16(19(20,21)22)11-23-18(26-17)25-14-7-9-15(27-2)10-8-14/h3-11H,1-2H3,(H2,23,24,25,26). The van der Waals surface area contributed by atoms with E-state index in [0.717, 1.165) is 11.8 Å². The number of aromatic nitrogens is 2. The van der Waals surface area contributed by atoms with Gasteiger partial charge in [-0.05, 0) is 43.3 Å². The number of hydrogen-bond donors (Lipinski definition) is 2. The average Bonchev–Trinajstić information content (AvgIpc) is 2.63. The number of ether oxygens (including phenoxy) is 1. The van der Waals surface area contributed by atoms with E-state index in [4.69, 9.17) is 4.74 Å². The molecule has 0 spiro atoms. The number of anilines is 4. The zero-order valence-corrected chi connectivity index (χ0v) is 14.6. The minimum absolute atomic E-state index is 0.0442. The molecule has 5 nitrogen and oxygen atoms in total. The van der Waals surface area contributed by atoms with E-state index in [1.165, 1.54) is 0 Å². The van der Waals surface area contributed by atoms with E-state index < -0.39 is 11.7 Å². The highest BCUT2D eigenvalue weighted by Gasteiger charge is 2.35. The SMILES string of the molecule is COc1ccc(Nc2ncc(C(F)(F)F)c(Nc3ccc(C)cc3)n2)cc1. The lowest BCUT2D eigenvalue weighted by Gasteiger charge is -2.15. The van der Waals surface area contributed by atoms with E-state index in [2.05, 4.69) is 20.6 Å². The second kappa shape index (κ2) is 7.53. The molecule has 3 aromatic rings. The number of aryl methyl sites for hydroxylation is 1. The van der Waals surface area contributed by atoms with Gasteiger partial charge in [-0.3, -0.25) is 0 Å². The summed E-state index contributed by atoms with van der Waals surface area (Å²) in [7, 11) is 1.55. The maximum atomic E-state index is 13.3. The molecular formula is C19H17F3N4O. The van der Waals surface area contributed by atoms with Crippen LogP contribution in [0.2, 0.25) is 0 Å². The molecule has 140 valence electrons. The number of nitrogens with one attached hydrogen (secondary N) is 2. The Kier molecular flexibility index (Phi) is 5.16. The predicted molar refractivity (Wildman–Crippen MR) is 97.8 cm³/mol. The smallest absolute Gasteiger partial charge is 0.421 e. The summed E-state index contributed by atoms with van der Waals surface area (Å²) >= 11 is 0. The van der Waals surface area contributed by atoms with Gasteiger partial charge in [-0.25, -0.2) is 4.98 Å². The molecule has 2 N–H and O–H groups in total. The highest BCUT2D eigenvalue weighted by atomic mass is 19.4. The van der Waals surface area contributed by atoms with Crippen LogP contribution in [0.1, 0.15) is 11.1 Å². The number of hydrogen-bond acceptors (Lipinski definition) is 5. The van der Waals surface area contributed by atoms with Gasteiger partial charge in [-0.2, -0.15) is 18.2 Å². The van der Waals surface area contributed by atoms with Crippen molar-refractivity contribution in [3.05, 3.63) is 65.9 Å². The lowest BCUT2D eigenvalue weighted by molar-refractivity contribution is -0.137. The van der Waals surface area contributed by atoms with Crippen LogP contribution in [0.5, 0.6) is 5.75 Å². The van der Waals surface area contributed by atoms with Gasteiger partial charge in [-0.1, -0.05) is 17.7 Å². The normalized spacial score (nSPS) is 11.1. The van der Waals surface area contributed by atoms with E-state index in [0.29, 0.717) is 17.1 Å². The Morgan fingerprint density at radius 3 is 2.07 bits per heavy atom. The Morgan fingerprint density at radius 2 is 1.48 bits per heavy atom. The minimum atomic E-state index is -4.58. The Balaban J connectivity index is 1.90. The van der Waals surface area contributed by atoms with Gasteiger partial charge in [0.2, 0.25) is 5.95 Å². The molecule has 0 atom stereocenters. The van der Waals surface area contributed by atoms with Crippen molar-refractivity contribution in [1.29, 1.82) is 0 Å². The molecule has 0 unspecified atom stereocenters. The topological polar surface area (TPSA) is 59.1 Å². The van der Waals surface area contributed by atoms with Gasteiger partial charge in [0.15, 0.2) is 0 Å². The summed E-state index contributed by atoms with van der Waals surface area (Å²) in [6, 6.07) is 13.8. The number of nitrogens with zero attached hydrogens (tertiary/aromatic N) is 2. The Labute approximate surface area is 154 Å². The van der Waals surface area contributed by atoms with Gasteiger partial charge in [0, 0.05) is 17.6 Å². The molecule has 0 radical (unpaired) electrons. The van der Waals surface area contributed by atoms with Crippen LogP contribution in [0.25, 0.3) is 0 Å². The molecule has 0 saturated heterocycles. The van der Waals surface area contributed by atoms with Gasteiger partial charge in [0.1, 0.15) is 17.1 Å². The second-order valence-corrected chi connectivity index (χ2v) is 5.80. The quantitative estimate of drug-likeness (QED) is 0.635. The zero-order chi connectivity index (χ0) is 19.4. The van der Waals surface area contributed by atoms with Gasteiger partial charge in [0.25, 0.3) is 0 Å². The van der Waals surface area contributed by atoms with Gasteiger partial charge >= 0.3 is 6.18 Å². The number of halogens is 3.